The molecule has 29 heavy (non-hydrogen) atoms. The van der Waals surface area contributed by atoms with E-state index >= 15 is 0 Å². The molecule has 2 aromatic carbocycles. The molecule has 1 N–H and O–H groups in total. The number of fused-ring (bicyclic) bond motifs is 3. The Morgan fingerprint density at radius 3 is 2.52 bits per heavy atom. The number of methoxy groups -OCH3 is 1. The summed E-state index contributed by atoms with van der Waals surface area (Å²) in [6.07, 6.45) is 1.70. The lowest BCUT2D eigenvalue weighted by Crippen LogP contribution is -2.24. The summed E-state index contributed by atoms with van der Waals surface area (Å²) in [5, 5.41) is 1.84. The summed E-state index contributed by atoms with van der Waals surface area (Å²) in [4.78, 5) is 22.0. The second kappa shape index (κ2) is 7.93. The highest BCUT2D eigenvalue weighted by atomic mass is 16.5. The minimum atomic E-state index is -0.156. The van der Waals surface area contributed by atoms with Crippen LogP contribution in [0.1, 0.15) is 21.6 Å². The predicted octanol–water partition coefficient (Wildman–Crippen LogP) is 4.14. The van der Waals surface area contributed by atoms with Crippen LogP contribution in [0.5, 0.6) is 5.75 Å². The lowest BCUT2D eigenvalue weighted by Gasteiger charge is -2.14. The zero-order chi connectivity index (χ0) is 20.4. The number of nitrogens with zero attached hydrogens (tertiary/aromatic N) is 2. The van der Waals surface area contributed by atoms with Gasteiger partial charge in [-0.3, -0.25) is 4.79 Å². The average molecular weight is 389 g/mol. The molecule has 1 amide bonds. The Bertz CT molecular complexity index is 1170. The van der Waals surface area contributed by atoms with E-state index in [0.717, 1.165) is 38.7 Å². The fourth-order valence-corrected chi connectivity index (χ4v) is 3.51. The van der Waals surface area contributed by atoms with Crippen molar-refractivity contribution < 1.29 is 14.3 Å². The minimum Gasteiger partial charge on any atom is -0.488 e. The predicted molar refractivity (Wildman–Crippen MR) is 113 cm³/mol. The molecule has 148 valence electrons. The van der Waals surface area contributed by atoms with Gasteiger partial charge in [-0.2, -0.15) is 0 Å². The number of benzene rings is 2. The standard InChI is InChI=1S/C23H23N3O3/c1-26(2)23(27)22-16(14-28-3)20-18(12-24-22)25-17-10-7-11-19(21(17)20)29-13-15-8-5-4-6-9-15/h4-12,25H,13-14H2,1-3H3. The molecule has 0 spiro atoms. The Balaban J connectivity index is 1.89. The number of pyridine rings is 1. The summed E-state index contributed by atoms with van der Waals surface area (Å²) in [6, 6.07) is 15.9. The maximum Gasteiger partial charge on any atom is 0.272 e. The summed E-state index contributed by atoms with van der Waals surface area (Å²) in [5.74, 6) is 0.598. The number of rotatable bonds is 6. The number of hydrogen-bond donors (Lipinski definition) is 1. The Hall–Kier alpha value is -3.38. The van der Waals surface area contributed by atoms with Crippen molar-refractivity contribution in [3.05, 3.63) is 71.5 Å². The van der Waals surface area contributed by atoms with Crippen molar-refractivity contribution in [2.45, 2.75) is 13.2 Å². The molecule has 4 rings (SSSR count). The van der Waals surface area contributed by atoms with E-state index in [1.165, 1.54) is 4.90 Å². The van der Waals surface area contributed by atoms with Gasteiger partial charge in [0, 0.05) is 37.5 Å². The SMILES string of the molecule is COCc1c(C(=O)N(C)C)ncc2[nH]c3cccc(OCc4ccccc4)c3c12. The van der Waals surface area contributed by atoms with Crippen LogP contribution in [0.4, 0.5) is 0 Å². The van der Waals surface area contributed by atoms with E-state index in [-0.39, 0.29) is 12.5 Å². The van der Waals surface area contributed by atoms with E-state index in [0.29, 0.717) is 12.3 Å². The van der Waals surface area contributed by atoms with Gasteiger partial charge in [0.25, 0.3) is 5.91 Å². The van der Waals surface area contributed by atoms with Crippen LogP contribution in [0.15, 0.2) is 54.7 Å². The van der Waals surface area contributed by atoms with Gasteiger partial charge in [-0.05, 0) is 17.7 Å². The van der Waals surface area contributed by atoms with Crippen LogP contribution in [0.25, 0.3) is 21.8 Å². The van der Waals surface area contributed by atoms with Gasteiger partial charge >= 0.3 is 0 Å². The highest BCUT2D eigenvalue weighted by molar-refractivity contribution is 6.14. The first-order valence-electron chi connectivity index (χ1n) is 9.39. The van der Waals surface area contributed by atoms with Gasteiger partial charge in [-0.1, -0.05) is 36.4 Å². The first-order valence-corrected chi connectivity index (χ1v) is 9.39. The molecule has 6 heteroatoms. The number of aromatic amines is 1. The molecule has 0 radical (unpaired) electrons. The van der Waals surface area contributed by atoms with Crippen molar-refractivity contribution in [3.8, 4) is 5.75 Å². The maximum absolute atomic E-state index is 12.7. The lowest BCUT2D eigenvalue weighted by molar-refractivity contribution is 0.0817. The monoisotopic (exact) mass is 389 g/mol. The first-order chi connectivity index (χ1) is 14.1. The van der Waals surface area contributed by atoms with Crippen LogP contribution < -0.4 is 4.74 Å². The number of hydrogen-bond acceptors (Lipinski definition) is 4. The molecule has 0 fully saturated rings. The molecule has 6 nitrogen and oxygen atoms in total. The fraction of sp³-hybridized carbons (Fsp3) is 0.217. The average Bonchev–Trinajstić information content (AvgIpc) is 3.12. The maximum atomic E-state index is 12.7. The molecule has 2 aromatic heterocycles. The third kappa shape index (κ3) is 3.54. The van der Waals surface area contributed by atoms with Crippen molar-refractivity contribution >= 4 is 27.7 Å². The number of amides is 1. The third-order valence-electron chi connectivity index (χ3n) is 4.86. The molecular weight excluding hydrogens is 366 g/mol. The first kappa shape index (κ1) is 19.0. The summed E-state index contributed by atoms with van der Waals surface area (Å²) < 4.78 is 11.6. The number of aromatic nitrogens is 2. The number of ether oxygens (including phenoxy) is 2. The summed E-state index contributed by atoms with van der Waals surface area (Å²) >= 11 is 0. The van der Waals surface area contributed by atoms with Gasteiger partial charge in [0.05, 0.1) is 23.8 Å². The summed E-state index contributed by atoms with van der Waals surface area (Å²) in [5.41, 5.74) is 4.01. The number of carbonyl (C=O) groups excluding carboxylic acids is 1. The molecule has 4 aromatic rings. The highest BCUT2D eigenvalue weighted by Crippen LogP contribution is 2.36. The molecule has 0 atom stereocenters. The van der Waals surface area contributed by atoms with Crippen molar-refractivity contribution in [3.63, 3.8) is 0 Å². The molecule has 0 unspecified atom stereocenters. The summed E-state index contributed by atoms with van der Waals surface area (Å²) in [7, 11) is 5.05. The minimum absolute atomic E-state index is 0.156. The number of H-pyrrole nitrogens is 1. The Morgan fingerprint density at radius 1 is 1.00 bits per heavy atom. The number of nitrogens with one attached hydrogen (secondary N) is 1. The Morgan fingerprint density at radius 2 is 1.79 bits per heavy atom. The van der Waals surface area contributed by atoms with Gasteiger partial charge in [0.2, 0.25) is 0 Å². The third-order valence-corrected chi connectivity index (χ3v) is 4.86. The molecular formula is C23H23N3O3. The fourth-order valence-electron chi connectivity index (χ4n) is 3.51. The molecule has 0 saturated heterocycles. The Labute approximate surface area is 169 Å². The Kier molecular flexibility index (Phi) is 5.18. The highest BCUT2D eigenvalue weighted by Gasteiger charge is 2.22. The lowest BCUT2D eigenvalue weighted by atomic mass is 10.0. The molecule has 0 bridgehead atoms. The second-order valence-electron chi connectivity index (χ2n) is 7.08. The van der Waals surface area contributed by atoms with Gasteiger partial charge < -0.3 is 19.4 Å². The van der Waals surface area contributed by atoms with Crippen LogP contribution in [0.2, 0.25) is 0 Å². The normalized spacial score (nSPS) is 11.1. The van der Waals surface area contributed by atoms with Crippen LogP contribution in [0.3, 0.4) is 0 Å². The molecule has 0 aliphatic heterocycles. The van der Waals surface area contributed by atoms with Crippen molar-refractivity contribution in [2.75, 3.05) is 21.2 Å². The topological polar surface area (TPSA) is 67.5 Å². The molecule has 0 saturated carbocycles. The summed E-state index contributed by atoms with van der Waals surface area (Å²) in [6.45, 7) is 0.736. The smallest absolute Gasteiger partial charge is 0.272 e. The van der Waals surface area contributed by atoms with E-state index in [1.54, 1.807) is 27.4 Å². The van der Waals surface area contributed by atoms with Crippen LogP contribution >= 0.6 is 0 Å². The van der Waals surface area contributed by atoms with E-state index in [4.69, 9.17) is 9.47 Å². The van der Waals surface area contributed by atoms with E-state index in [2.05, 4.69) is 9.97 Å². The zero-order valence-corrected chi connectivity index (χ0v) is 16.7. The van der Waals surface area contributed by atoms with Gasteiger partial charge in [-0.15, -0.1) is 0 Å². The largest absolute Gasteiger partial charge is 0.488 e. The van der Waals surface area contributed by atoms with Crippen molar-refractivity contribution in [2.24, 2.45) is 0 Å². The van der Waals surface area contributed by atoms with E-state index < -0.39 is 0 Å². The van der Waals surface area contributed by atoms with Crippen LogP contribution in [0, 0.1) is 0 Å². The quantitative estimate of drug-likeness (QED) is 0.538. The number of carbonyl (C=O) groups is 1. The zero-order valence-electron chi connectivity index (χ0n) is 16.7. The molecule has 0 aliphatic carbocycles. The van der Waals surface area contributed by atoms with E-state index in [9.17, 15) is 4.79 Å². The van der Waals surface area contributed by atoms with Crippen molar-refractivity contribution in [1.82, 2.24) is 14.9 Å². The molecule has 0 aliphatic rings. The molecule has 2 heterocycles. The van der Waals surface area contributed by atoms with Crippen LogP contribution in [-0.2, 0) is 18.0 Å². The van der Waals surface area contributed by atoms with Gasteiger partial charge in [0.15, 0.2) is 0 Å². The second-order valence-corrected chi connectivity index (χ2v) is 7.08. The van der Waals surface area contributed by atoms with Gasteiger partial charge in [-0.25, -0.2) is 4.98 Å². The van der Waals surface area contributed by atoms with Crippen molar-refractivity contribution in [1.29, 1.82) is 0 Å². The van der Waals surface area contributed by atoms with Crippen LogP contribution in [-0.4, -0.2) is 42.0 Å². The van der Waals surface area contributed by atoms with E-state index in [1.807, 2.05) is 48.5 Å². The van der Waals surface area contributed by atoms with Gasteiger partial charge in [0.1, 0.15) is 18.1 Å².